The van der Waals surface area contributed by atoms with Crippen molar-refractivity contribution in [3.05, 3.63) is 17.0 Å². The number of ether oxygens (including phenoxy) is 1. The van der Waals surface area contributed by atoms with E-state index in [-0.39, 0.29) is 5.69 Å². The van der Waals surface area contributed by atoms with Crippen molar-refractivity contribution in [3.63, 3.8) is 0 Å². The molecule has 1 fully saturated rings. The Bertz CT molecular complexity index is 447. The number of rotatable bonds is 2. The Hall–Kier alpha value is -1.36. The monoisotopic (exact) mass is 236 g/mol. The van der Waals surface area contributed by atoms with Crippen LogP contribution in [0.3, 0.4) is 0 Å². The fraction of sp³-hybridized carbons (Fsp3) is 0.667. The molecule has 0 saturated heterocycles. The van der Waals surface area contributed by atoms with Gasteiger partial charge in [0.2, 0.25) is 0 Å². The minimum atomic E-state index is -0.917. The van der Waals surface area contributed by atoms with Gasteiger partial charge in [0.05, 0.1) is 24.9 Å². The summed E-state index contributed by atoms with van der Waals surface area (Å²) < 4.78 is 7.36. The zero-order chi connectivity index (χ0) is 11.8. The molecule has 1 saturated carbocycles. The number of nitrogens with zero attached hydrogens (tertiary/aromatic N) is 2. The molecule has 1 aromatic heterocycles. The van der Waals surface area contributed by atoms with Crippen LogP contribution in [0.15, 0.2) is 0 Å². The first-order valence-corrected chi connectivity index (χ1v) is 6.18. The normalized spacial score (nSPS) is 20.5. The van der Waals surface area contributed by atoms with Crippen molar-refractivity contribution in [2.24, 2.45) is 0 Å². The van der Waals surface area contributed by atoms with E-state index in [2.05, 4.69) is 5.10 Å². The molecule has 5 heteroatoms. The van der Waals surface area contributed by atoms with E-state index in [4.69, 9.17) is 4.74 Å². The Labute approximate surface area is 99.4 Å². The molecule has 0 unspecified atom stereocenters. The van der Waals surface area contributed by atoms with E-state index in [9.17, 15) is 9.90 Å². The molecule has 1 aliphatic heterocycles. The first kappa shape index (κ1) is 10.8. The van der Waals surface area contributed by atoms with Crippen molar-refractivity contribution < 1.29 is 14.6 Å². The molecule has 0 amide bonds. The molecule has 1 aliphatic carbocycles. The first-order chi connectivity index (χ1) is 8.27. The maximum Gasteiger partial charge on any atom is 0.356 e. The van der Waals surface area contributed by atoms with Gasteiger partial charge in [0.1, 0.15) is 0 Å². The zero-order valence-electron chi connectivity index (χ0n) is 9.69. The van der Waals surface area contributed by atoms with E-state index < -0.39 is 5.97 Å². The number of hydrogen-bond acceptors (Lipinski definition) is 3. The lowest BCUT2D eigenvalue weighted by Gasteiger charge is -2.18. The Morgan fingerprint density at radius 3 is 2.88 bits per heavy atom. The van der Waals surface area contributed by atoms with E-state index in [1.165, 1.54) is 12.8 Å². The molecule has 2 heterocycles. The standard InChI is InChI=1S/C12H16N2O3/c15-12(16)11-9-5-6-17-7-10(9)14(13-11)8-3-1-2-4-8/h8H,1-7H2,(H,15,16). The SMILES string of the molecule is O=C(O)c1nn(C2CCCC2)c2c1CCOC2. The van der Waals surface area contributed by atoms with Crippen LogP contribution in [0, 0.1) is 0 Å². The second kappa shape index (κ2) is 4.14. The lowest BCUT2D eigenvalue weighted by Crippen LogP contribution is -2.16. The van der Waals surface area contributed by atoms with Crippen LogP contribution in [0.5, 0.6) is 0 Å². The van der Waals surface area contributed by atoms with Gasteiger partial charge >= 0.3 is 5.97 Å². The highest BCUT2D eigenvalue weighted by molar-refractivity contribution is 5.87. The van der Waals surface area contributed by atoms with Gasteiger partial charge in [0, 0.05) is 12.0 Å². The molecule has 3 rings (SSSR count). The molecule has 0 spiro atoms. The smallest absolute Gasteiger partial charge is 0.356 e. The summed E-state index contributed by atoms with van der Waals surface area (Å²) in [6.07, 6.45) is 5.30. The Morgan fingerprint density at radius 1 is 1.41 bits per heavy atom. The largest absolute Gasteiger partial charge is 0.476 e. The van der Waals surface area contributed by atoms with Crippen LogP contribution >= 0.6 is 0 Å². The van der Waals surface area contributed by atoms with Crippen molar-refractivity contribution in [1.82, 2.24) is 9.78 Å². The molecule has 5 nitrogen and oxygen atoms in total. The van der Waals surface area contributed by atoms with Gasteiger partial charge in [-0.15, -0.1) is 0 Å². The minimum absolute atomic E-state index is 0.232. The topological polar surface area (TPSA) is 64.3 Å². The average molecular weight is 236 g/mol. The van der Waals surface area contributed by atoms with Crippen LogP contribution in [-0.4, -0.2) is 27.5 Å². The van der Waals surface area contributed by atoms with Crippen LogP contribution in [0.4, 0.5) is 0 Å². The summed E-state index contributed by atoms with van der Waals surface area (Å²) >= 11 is 0. The van der Waals surface area contributed by atoms with Gasteiger partial charge in [-0.3, -0.25) is 4.68 Å². The lowest BCUT2D eigenvalue weighted by molar-refractivity contribution is 0.0686. The Kier molecular flexibility index (Phi) is 2.63. The van der Waals surface area contributed by atoms with Crippen LogP contribution in [0.2, 0.25) is 0 Å². The summed E-state index contributed by atoms with van der Waals surface area (Å²) in [6.45, 7) is 1.11. The number of aromatic carboxylic acids is 1. The highest BCUT2D eigenvalue weighted by atomic mass is 16.5. The number of carboxylic acids is 1. The van der Waals surface area contributed by atoms with E-state index in [1.807, 2.05) is 4.68 Å². The molecule has 0 aromatic carbocycles. The highest BCUT2D eigenvalue weighted by Gasteiger charge is 2.29. The molecule has 0 radical (unpaired) electrons. The van der Waals surface area contributed by atoms with Crippen LogP contribution in [-0.2, 0) is 17.8 Å². The van der Waals surface area contributed by atoms with Gasteiger partial charge < -0.3 is 9.84 Å². The molecule has 92 valence electrons. The summed E-state index contributed by atoms with van der Waals surface area (Å²) in [5, 5.41) is 13.5. The summed E-state index contributed by atoms with van der Waals surface area (Å²) in [7, 11) is 0. The van der Waals surface area contributed by atoms with Crippen molar-refractivity contribution in [2.75, 3.05) is 6.61 Å². The lowest BCUT2D eigenvalue weighted by atomic mass is 10.1. The van der Waals surface area contributed by atoms with Crippen LogP contribution in [0.1, 0.15) is 53.5 Å². The summed E-state index contributed by atoms with van der Waals surface area (Å²) in [4.78, 5) is 11.2. The van der Waals surface area contributed by atoms with Gasteiger partial charge in [-0.25, -0.2) is 4.79 Å². The van der Waals surface area contributed by atoms with Crippen molar-refractivity contribution in [2.45, 2.75) is 44.8 Å². The summed E-state index contributed by atoms with van der Waals surface area (Å²) in [5.74, 6) is -0.917. The third-order valence-corrected chi connectivity index (χ3v) is 3.73. The van der Waals surface area contributed by atoms with E-state index in [1.54, 1.807) is 0 Å². The fourth-order valence-electron chi connectivity index (χ4n) is 2.89. The third-order valence-electron chi connectivity index (χ3n) is 3.73. The third kappa shape index (κ3) is 1.74. The maximum absolute atomic E-state index is 11.2. The first-order valence-electron chi connectivity index (χ1n) is 6.18. The predicted octanol–water partition coefficient (Wildman–Crippen LogP) is 1.77. The molecule has 0 bridgehead atoms. The zero-order valence-corrected chi connectivity index (χ0v) is 9.69. The number of fused-ring (bicyclic) bond motifs is 1. The average Bonchev–Trinajstić information content (AvgIpc) is 2.95. The van der Waals surface area contributed by atoms with Crippen LogP contribution < -0.4 is 0 Å². The van der Waals surface area contributed by atoms with Gasteiger partial charge in [-0.1, -0.05) is 12.8 Å². The number of aromatic nitrogens is 2. The van der Waals surface area contributed by atoms with Gasteiger partial charge in [-0.05, 0) is 12.8 Å². The molecule has 17 heavy (non-hydrogen) atoms. The Balaban J connectivity index is 2.05. The highest BCUT2D eigenvalue weighted by Crippen LogP contribution is 2.33. The summed E-state index contributed by atoms with van der Waals surface area (Å²) in [6, 6.07) is 0.374. The second-order valence-electron chi connectivity index (χ2n) is 4.76. The van der Waals surface area contributed by atoms with E-state index in [0.29, 0.717) is 25.7 Å². The van der Waals surface area contributed by atoms with Gasteiger partial charge in [0.15, 0.2) is 5.69 Å². The molecular weight excluding hydrogens is 220 g/mol. The van der Waals surface area contributed by atoms with Crippen LogP contribution in [0.25, 0.3) is 0 Å². The predicted molar refractivity (Wildman–Crippen MR) is 60.1 cm³/mol. The minimum Gasteiger partial charge on any atom is -0.476 e. The molecular formula is C12H16N2O3. The number of carbonyl (C=O) groups is 1. The molecule has 1 aromatic rings. The fourth-order valence-corrected chi connectivity index (χ4v) is 2.89. The molecule has 2 aliphatic rings. The summed E-state index contributed by atoms with van der Waals surface area (Å²) in [5.41, 5.74) is 2.10. The van der Waals surface area contributed by atoms with E-state index in [0.717, 1.165) is 24.1 Å². The molecule has 0 atom stereocenters. The van der Waals surface area contributed by atoms with E-state index >= 15 is 0 Å². The number of carboxylic acid groups (broad SMARTS) is 1. The van der Waals surface area contributed by atoms with Gasteiger partial charge in [0.25, 0.3) is 0 Å². The van der Waals surface area contributed by atoms with Crippen molar-refractivity contribution in [1.29, 1.82) is 0 Å². The quantitative estimate of drug-likeness (QED) is 0.850. The van der Waals surface area contributed by atoms with Crippen molar-refractivity contribution >= 4 is 5.97 Å². The number of hydrogen-bond donors (Lipinski definition) is 1. The van der Waals surface area contributed by atoms with Gasteiger partial charge in [-0.2, -0.15) is 5.10 Å². The Morgan fingerprint density at radius 2 is 2.18 bits per heavy atom. The molecule has 1 N–H and O–H groups in total. The maximum atomic E-state index is 11.2. The second-order valence-corrected chi connectivity index (χ2v) is 4.76. The van der Waals surface area contributed by atoms with Crippen molar-refractivity contribution in [3.8, 4) is 0 Å².